The molecule has 22 heavy (non-hydrogen) atoms. The van der Waals surface area contributed by atoms with Crippen LogP contribution in [0.1, 0.15) is 25.1 Å². The molecule has 0 bridgehead atoms. The molecular formula is C17H25N3O2. The summed E-state index contributed by atoms with van der Waals surface area (Å²) in [6, 6.07) is 3.99. The van der Waals surface area contributed by atoms with Crippen LogP contribution in [0.2, 0.25) is 0 Å². The predicted molar refractivity (Wildman–Crippen MR) is 87.8 cm³/mol. The summed E-state index contributed by atoms with van der Waals surface area (Å²) in [4.78, 5) is 7.07. The number of likely N-dealkylation sites (tertiary alicyclic amines) is 1. The number of rotatable bonds is 6. The van der Waals surface area contributed by atoms with Gasteiger partial charge in [-0.1, -0.05) is 0 Å². The van der Waals surface area contributed by atoms with E-state index in [2.05, 4.69) is 14.5 Å². The molecular weight excluding hydrogens is 278 g/mol. The standard InChI is InChI=1S/C17H25N3O2/c1-13-18-14-11-17(16(21-3)12-15(14)19(13)2)22-10-6-9-20-7-4-5-8-20/h11-12H,4-10H2,1-3H3. The maximum atomic E-state index is 5.94. The third kappa shape index (κ3) is 3.04. The minimum Gasteiger partial charge on any atom is -0.493 e. The quantitative estimate of drug-likeness (QED) is 0.769. The van der Waals surface area contributed by atoms with Crippen molar-refractivity contribution in [3.05, 3.63) is 18.0 Å². The van der Waals surface area contributed by atoms with Crippen molar-refractivity contribution >= 4 is 11.0 Å². The molecule has 1 saturated heterocycles. The number of hydrogen-bond acceptors (Lipinski definition) is 4. The number of benzene rings is 1. The highest BCUT2D eigenvalue weighted by molar-refractivity contribution is 5.80. The number of ether oxygens (including phenoxy) is 2. The molecule has 1 fully saturated rings. The Balaban J connectivity index is 1.66. The van der Waals surface area contributed by atoms with Crippen LogP contribution in [0.4, 0.5) is 0 Å². The van der Waals surface area contributed by atoms with Gasteiger partial charge in [0, 0.05) is 25.7 Å². The Kier molecular flexibility index (Phi) is 4.52. The van der Waals surface area contributed by atoms with Gasteiger partial charge in [0.05, 0.1) is 24.8 Å². The lowest BCUT2D eigenvalue weighted by Gasteiger charge is -2.15. The van der Waals surface area contributed by atoms with E-state index >= 15 is 0 Å². The smallest absolute Gasteiger partial charge is 0.163 e. The summed E-state index contributed by atoms with van der Waals surface area (Å²) in [5.41, 5.74) is 2.02. The zero-order valence-electron chi connectivity index (χ0n) is 13.8. The number of nitrogens with zero attached hydrogens (tertiary/aromatic N) is 3. The summed E-state index contributed by atoms with van der Waals surface area (Å²) in [7, 11) is 3.70. The Bertz CT molecular complexity index is 645. The molecule has 120 valence electrons. The zero-order chi connectivity index (χ0) is 15.5. The van der Waals surface area contributed by atoms with Gasteiger partial charge in [-0.3, -0.25) is 0 Å². The Morgan fingerprint density at radius 1 is 1.18 bits per heavy atom. The van der Waals surface area contributed by atoms with E-state index in [0.29, 0.717) is 6.61 Å². The van der Waals surface area contributed by atoms with E-state index in [0.717, 1.165) is 41.3 Å². The van der Waals surface area contributed by atoms with Crippen LogP contribution in [0.3, 0.4) is 0 Å². The second-order valence-electron chi connectivity index (χ2n) is 5.96. The Labute approximate surface area is 131 Å². The van der Waals surface area contributed by atoms with Gasteiger partial charge < -0.3 is 18.9 Å². The monoisotopic (exact) mass is 303 g/mol. The number of aromatic nitrogens is 2. The van der Waals surface area contributed by atoms with Crippen LogP contribution < -0.4 is 9.47 Å². The summed E-state index contributed by atoms with van der Waals surface area (Å²) in [5, 5.41) is 0. The van der Waals surface area contributed by atoms with Crippen molar-refractivity contribution < 1.29 is 9.47 Å². The fourth-order valence-electron chi connectivity index (χ4n) is 3.07. The molecule has 5 nitrogen and oxygen atoms in total. The first kappa shape index (κ1) is 15.2. The molecule has 1 aromatic carbocycles. The molecule has 0 N–H and O–H groups in total. The van der Waals surface area contributed by atoms with Gasteiger partial charge in [-0.05, 0) is 39.3 Å². The molecule has 1 aliphatic rings. The first-order chi connectivity index (χ1) is 10.7. The van der Waals surface area contributed by atoms with Crippen molar-refractivity contribution in [3.63, 3.8) is 0 Å². The normalized spacial score (nSPS) is 15.6. The maximum absolute atomic E-state index is 5.94. The van der Waals surface area contributed by atoms with Gasteiger partial charge in [0.15, 0.2) is 11.5 Å². The van der Waals surface area contributed by atoms with E-state index in [1.54, 1.807) is 7.11 Å². The maximum Gasteiger partial charge on any atom is 0.163 e. The lowest BCUT2D eigenvalue weighted by atomic mass is 10.2. The highest BCUT2D eigenvalue weighted by atomic mass is 16.5. The SMILES string of the molecule is COc1cc2c(cc1OCCCN1CCCC1)nc(C)n2C. The van der Waals surface area contributed by atoms with Crippen LogP contribution in [0.5, 0.6) is 11.5 Å². The van der Waals surface area contributed by atoms with Crippen LogP contribution in [0.15, 0.2) is 12.1 Å². The van der Waals surface area contributed by atoms with Gasteiger partial charge in [0.2, 0.25) is 0 Å². The van der Waals surface area contributed by atoms with E-state index in [-0.39, 0.29) is 0 Å². The van der Waals surface area contributed by atoms with E-state index < -0.39 is 0 Å². The van der Waals surface area contributed by atoms with E-state index in [9.17, 15) is 0 Å². The predicted octanol–water partition coefficient (Wildman–Crippen LogP) is 2.76. The first-order valence-corrected chi connectivity index (χ1v) is 8.05. The minimum absolute atomic E-state index is 0.712. The average Bonchev–Trinajstić information content (AvgIpc) is 3.12. The van der Waals surface area contributed by atoms with Crippen molar-refractivity contribution in [2.24, 2.45) is 7.05 Å². The van der Waals surface area contributed by atoms with Gasteiger partial charge >= 0.3 is 0 Å². The fraction of sp³-hybridized carbons (Fsp3) is 0.588. The molecule has 0 saturated carbocycles. The molecule has 0 unspecified atom stereocenters. The van der Waals surface area contributed by atoms with Crippen molar-refractivity contribution in [2.45, 2.75) is 26.2 Å². The van der Waals surface area contributed by atoms with Crippen LogP contribution in [-0.4, -0.2) is 47.8 Å². The number of imidazole rings is 1. The highest BCUT2D eigenvalue weighted by Crippen LogP contribution is 2.32. The van der Waals surface area contributed by atoms with Gasteiger partial charge in [-0.15, -0.1) is 0 Å². The molecule has 0 radical (unpaired) electrons. The molecule has 3 rings (SSSR count). The first-order valence-electron chi connectivity index (χ1n) is 8.05. The van der Waals surface area contributed by atoms with Crippen LogP contribution >= 0.6 is 0 Å². The minimum atomic E-state index is 0.712. The van der Waals surface area contributed by atoms with Crippen LogP contribution in [0, 0.1) is 6.92 Å². The van der Waals surface area contributed by atoms with E-state index in [1.165, 1.54) is 25.9 Å². The van der Waals surface area contributed by atoms with Crippen LogP contribution in [0.25, 0.3) is 11.0 Å². The second kappa shape index (κ2) is 6.57. The lowest BCUT2D eigenvalue weighted by Crippen LogP contribution is -2.21. The zero-order valence-corrected chi connectivity index (χ0v) is 13.8. The summed E-state index contributed by atoms with van der Waals surface area (Å²) in [6.07, 6.45) is 3.72. The highest BCUT2D eigenvalue weighted by Gasteiger charge is 2.13. The summed E-state index contributed by atoms with van der Waals surface area (Å²) in [5.74, 6) is 2.55. The lowest BCUT2D eigenvalue weighted by molar-refractivity contribution is 0.254. The molecule has 0 spiro atoms. The van der Waals surface area contributed by atoms with Gasteiger partial charge in [-0.25, -0.2) is 4.98 Å². The van der Waals surface area contributed by atoms with Crippen molar-refractivity contribution in [3.8, 4) is 11.5 Å². The van der Waals surface area contributed by atoms with Gasteiger partial charge in [0.25, 0.3) is 0 Å². The third-order valence-corrected chi connectivity index (χ3v) is 4.46. The molecule has 1 aromatic heterocycles. The van der Waals surface area contributed by atoms with E-state index in [4.69, 9.17) is 9.47 Å². The number of methoxy groups -OCH3 is 1. The summed E-state index contributed by atoms with van der Waals surface area (Å²) >= 11 is 0. The Morgan fingerprint density at radius 3 is 2.68 bits per heavy atom. The average molecular weight is 303 g/mol. The fourth-order valence-corrected chi connectivity index (χ4v) is 3.07. The molecule has 5 heteroatoms. The second-order valence-corrected chi connectivity index (χ2v) is 5.96. The summed E-state index contributed by atoms with van der Waals surface area (Å²) < 4.78 is 13.5. The third-order valence-electron chi connectivity index (χ3n) is 4.46. The Hall–Kier alpha value is -1.75. The molecule has 0 aliphatic carbocycles. The molecule has 0 atom stereocenters. The largest absolute Gasteiger partial charge is 0.493 e. The molecule has 1 aliphatic heterocycles. The molecule has 2 heterocycles. The summed E-state index contributed by atoms with van der Waals surface area (Å²) in [6.45, 7) is 6.31. The number of hydrogen-bond donors (Lipinski definition) is 0. The molecule has 2 aromatic rings. The van der Waals surface area contributed by atoms with Gasteiger partial charge in [-0.2, -0.15) is 0 Å². The van der Waals surface area contributed by atoms with E-state index in [1.807, 2.05) is 26.1 Å². The number of fused-ring (bicyclic) bond motifs is 1. The van der Waals surface area contributed by atoms with Crippen molar-refractivity contribution in [1.29, 1.82) is 0 Å². The topological polar surface area (TPSA) is 39.5 Å². The van der Waals surface area contributed by atoms with Crippen molar-refractivity contribution in [1.82, 2.24) is 14.5 Å². The van der Waals surface area contributed by atoms with Crippen molar-refractivity contribution in [2.75, 3.05) is 33.4 Å². The molecule has 0 amide bonds. The Morgan fingerprint density at radius 2 is 1.95 bits per heavy atom. The number of aryl methyl sites for hydroxylation is 2. The van der Waals surface area contributed by atoms with Gasteiger partial charge in [0.1, 0.15) is 5.82 Å². The van der Waals surface area contributed by atoms with Crippen LogP contribution in [-0.2, 0) is 7.05 Å².